The largest absolute Gasteiger partial charge is 0.382 e. The van der Waals surface area contributed by atoms with Crippen molar-refractivity contribution in [2.45, 2.75) is 63.9 Å². The van der Waals surface area contributed by atoms with E-state index in [0.717, 1.165) is 12.0 Å². The number of hydrogen-bond donors (Lipinski definition) is 1. The van der Waals surface area contributed by atoms with Crippen molar-refractivity contribution in [1.82, 2.24) is 0 Å². The molecule has 1 aromatic rings. The zero-order valence-electron chi connectivity index (χ0n) is 16.1. The Morgan fingerprint density at radius 3 is 2.19 bits per heavy atom. The standard InChI is InChI=1S/C20H28O4S2/c1-18(2,3)13-6-8-15(9-7-13)24-26(22,23)17(25)20-11-10-14(12-16(20)21)19(20,4)5/h6-9,14,17,25H,10-12H2,1-5H3. The second-order valence-electron chi connectivity index (χ2n) is 9.26. The van der Waals surface area contributed by atoms with Crippen LogP contribution in [0.5, 0.6) is 5.75 Å². The van der Waals surface area contributed by atoms with Gasteiger partial charge in [-0.2, -0.15) is 21.0 Å². The highest BCUT2D eigenvalue weighted by Crippen LogP contribution is 2.67. The highest BCUT2D eigenvalue weighted by molar-refractivity contribution is 8.02. The van der Waals surface area contributed by atoms with Crippen molar-refractivity contribution in [2.24, 2.45) is 16.7 Å². The molecule has 0 heterocycles. The molecule has 2 aliphatic carbocycles. The number of ketones is 1. The Hall–Kier alpha value is -1.01. The van der Waals surface area contributed by atoms with E-state index in [1.165, 1.54) is 0 Å². The van der Waals surface area contributed by atoms with Gasteiger partial charge >= 0.3 is 10.1 Å². The summed E-state index contributed by atoms with van der Waals surface area (Å²) in [4.78, 5) is 12.7. The van der Waals surface area contributed by atoms with Gasteiger partial charge in [-0.1, -0.05) is 46.8 Å². The first-order valence-electron chi connectivity index (χ1n) is 9.07. The Bertz CT molecular complexity index is 818. The van der Waals surface area contributed by atoms with Gasteiger partial charge in [0.05, 0.1) is 5.41 Å². The van der Waals surface area contributed by atoms with Gasteiger partial charge < -0.3 is 4.18 Å². The van der Waals surface area contributed by atoms with Crippen LogP contribution in [0.1, 0.15) is 59.4 Å². The average Bonchev–Trinajstić information content (AvgIpc) is 2.88. The van der Waals surface area contributed by atoms with Crippen LogP contribution in [-0.4, -0.2) is 18.8 Å². The predicted molar refractivity (Wildman–Crippen MR) is 106 cm³/mol. The number of hydrogen-bond acceptors (Lipinski definition) is 5. The van der Waals surface area contributed by atoms with Crippen molar-refractivity contribution in [3.63, 3.8) is 0 Å². The SMILES string of the molecule is CC(C)(C)c1ccc(OS(=O)(=O)C(S)C23CCC(CC2=O)C3(C)C)cc1. The van der Waals surface area contributed by atoms with Crippen molar-refractivity contribution in [3.8, 4) is 5.75 Å². The third-order valence-corrected chi connectivity index (χ3v) is 9.20. The van der Waals surface area contributed by atoms with Crippen LogP contribution in [0.15, 0.2) is 24.3 Å². The molecule has 0 radical (unpaired) electrons. The van der Waals surface area contributed by atoms with Crippen molar-refractivity contribution in [2.75, 3.05) is 0 Å². The zero-order chi connectivity index (χ0) is 19.5. The quantitative estimate of drug-likeness (QED) is 0.607. The van der Waals surface area contributed by atoms with E-state index in [1.54, 1.807) is 12.1 Å². The third kappa shape index (κ3) is 2.80. The van der Waals surface area contributed by atoms with E-state index in [-0.39, 0.29) is 28.3 Å². The fraction of sp³-hybridized carbons (Fsp3) is 0.650. The summed E-state index contributed by atoms with van der Waals surface area (Å²) in [5, 5.41) is 0. The smallest absolute Gasteiger partial charge is 0.322 e. The Labute approximate surface area is 162 Å². The van der Waals surface area contributed by atoms with Crippen LogP contribution < -0.4 is 4.18 Å². The fourth-order valence-corrected chi connectivity index (χ4v) is 6.98. The molecule has 2 aliphatic rings. The van der Waals surface area contributed by atoms with Gasteiger partial charge in [-0.25, -0.2) is 0 Å². The van der Waals surface area contributed by atoms with Crippen molar-refractivity contribution in [3.05, 3.63) is 29.8 Å². The molecule has 6 heteroatoms. The van der Waals surface area contributed by atoms with Crippen LogP contribution in [0.4, 0.5) is 0 Å². The molecule has 2 bridgehead atoms. The zero-order valence-corrected chi connectivity index (χ0v) is 17.8. The summed E-state index contributed by atoms with van der Waals surface area (Å²) in [5.41, 5.74) is -0.288. The molecule has 26 heavy (non-hydrogen) atoms. The monoisotopic (exact) mass is 396 g/mol. The molecule has 144 valence electrons. The highest BCUT2D eigenvalue weighted by atomic mass is 32.3. The van der Waals surface area contributed by atoms with Gasteiger partial charge in [-0.05, 0) is 47.3 Å². The van der Waals surface area contributed by atoms with E-state index in [1.807, 2.05) is 26.0 Å². The normalized spacial score (nSPS) is 29.0. The van der Waals surface area contributed by atoms with Gasteiger partial charge in [-0.3, -0.25) is 4.79 Å². The molecule has 1 aromatic carbocycles. The summed E-state index contributed by atoms with van der Waals surface area (Å²) >= 11 is 4.43. The molecule has 3 unspecified atom stereocenters. The Morgan fingerprint density at radius 1 is 1.19 bits per heavy atom. The molecule has 0 amide bonds. The van der Waals surface area contributed by atoms with Crippen molar-refractivity contribution >= 4 is 28.5 Å². The van der Waals surface area contributed by atoms with E-state index in [0.29, 0.717) is 12.8 Å². The Kier molecular flexibility index (Phi) is 4.55. The summed E-state index contributed by atoms with van der Waals surface area (Å²) < 4.78 is 30.1. The number of carbonyl (C=O) groups is 1. The van der Waals surface area contributed by atoms with Gasteiger partial charge in [-0.15, -0.1) is 0 Å². The highest BCUT2D eigenvalue weighted by Gasteiger charge is 2.69. The van der Waals surface area contributed by atoms with E-state index in [2.05, 4.69) is 33.4 Å². The number of thiol groups is 1. The number of carbonyl (C=O) groups excluding carboxylic acids is 1. The van der Waals surface area contributed by atoms with Crippen molar-refractivity contribution < 1.29 is 17.4 Å². The van der Waals surface area contributed by atoms with E-state index >= 15 is 0 Å². The third-order valence-electron chi connectivity index (χ3n) is 6.61. The van der Waals surface area contributed by atoms with Crippen LogP contribution in [-0.2, 0) is 20.3 Å². The minimum Gasteiger partial charge on any atom is -0.382 e. The first-order valence-corrected chi connectivity index (χ1v) is 11.1. The van der Waals surface area contributed by atoms with Crippen LogP contribution in [0, 0.1) is 16.7 Å². The first-order chi connectivity index (χ1) is 11.8. The summed E-state index contributed by atoms with van der Waals surface area (Å²) in [6, 6.07) is 7.06. The molecule has 0 spiro atoms. The maximum Gasteiger partial charge on any atom is 0.322 e. The van der Waals surface area contributed by atoms with Gasteiger partial charge in [0.1, 0.15) is 11.5 Å². The van der Waals surface area contributed by atoms with Crippen LogP contribution >= 0.6 is 12.6 Å². The minimum absolute atomic E-state index is 0.00834. The average molecular weight is 397 g/mol. The van der Waals surface area contributed by atoms with E-state index in [4.69, 9.17) is 4.18 Å². The molecule has 0 aromatic heterocycles. The molecule has 0 saturated heterocycles. The maximum atomic E-state index is 12.9. The number of benzene rings is 1. The molecule has 3 atom stereocenters. The number of rotatable bonds is 4. The molecule has 2 saturated carbocycles. The lowest BCUT2D eigenvalue weighted by Gasteiger charge is -2.39. The van der Waals surface area contributed by atoms with Gasteiger partial charge in [0.2, 0.25) is 0 Å². The first kappa shape index (κ1) is 19.7. The molecule has 4 nitrogen and oxygen atoms in total. The molecular formula is C20H28O4S2. The number of fused-ring (bicyclic) bond motifs is 2. The van der Waals surface area contributed by atoms with E-state index < -0.39 is 20.1 Å². The summed E-state index contributed by atoms with van der Waals surface area (Å²) in [6.07, 6.45) is 1.87. The topological polar surface area (TPSA) is 60.4 Å². The second-order valence-corrected chi connectivity index (χ2v) is 11.7. The summed E-state index contributed by atoms with van der Waals surface area (Å²) in [7, 11) is -4.05. The van der Waals surface area contributed by atoms with Gasteiger partial charge in [0.25, 0.3) is 0 Å². The molecule has 2 fully saturated rings. The lowest BCUT2D eigenvalue weighted by Crippen LogP contribution is -2.48. The summed E-state index contributed by atoms with van der Waals surface area (Å²) in [5.74, 6) is 0.492. The predicted octanol–water partition coefficient (Wildman–Crippen LogP) is 4.34. The van der Waals surface area contributed by atoms with Crippen LogP contribution in [0.25, 0.3) is 0 Å². The molecule has 3 rings (SSSR count). The molecule has 0 aliphatic heterocycles. The molecule has 0 N–H and O–H groups in total. The lowest BCUT2D eigenvalue weighted by atomic mass is 9.70. The fourth-order valence-electron chi connectivity index (χ4n) is 4.73. The maximum absolute atomic E-state index is 12.9. The van der Waals surface area contributed by atoms with E-state index in [9.17, 15) is 13.2 Å². The Morgan fingerprint density at radius 2 is 1.77 bits per heavy atom. The molecular weight excluding hydrogens is 368 g/mol. The van der Waals surface area contributed by atoms with Crippen LogP contribution in [0.3, 0.4) is 0 Å². The number of Topliss-reactive ketones (excluding diaryl/α,β-unsaturated/α-hetero) is 1. The Balaban J connectivity index is 1.88. The second kappa shape index (κ2) is 5.99. The van der Waals surface area contributed by atoms with Crippen LogP contribution in [0.2, 0.25) is 0 Å². The van der Waals surface area contributed by atoms with Crippen molar-refractivity contribution in [1.29, 1.82) is 0 Å². The van der Waals surface area contributed by atoms with Gasteiger partial charge in [0, 0.05) is 6.42 Å². The summed E-state index contributed by atoms with van der Waals surface area (Å²) in [6.45, 7) is 10.3. The minimum atomic E-state index is -4.05. The van der Waals surface area contributed by atoms with Gasteiger partial charge in [0.15, 0.2) is 4.58 Å². The lowest BCUT2D eigenvalue weighted by molar-refractivity contribution is -0.128.